The Morgan fingerprint density at radius 1 is 1.23 bits per heavy atom. The number of nitrogens with one attached hydrogen (secondary N) is 1. The molecule has 1 atom stereocenters. The third-order valence-electron chi connectivity index (χ3n) is 4.19. The minimum Gasteiger partial charge on any atom is -0.339 e. The van der Waals surface area contributed by atoms with Crippen LogP contribution >= 0.6 is 0 Å². The number of hydrogen-bond donors (Lipinski definition) is 1. The van der Waals surface area contributed by atoms with E-state index >= 15 is 0 Å². The zero-order valence-electron chi connectivity index (χ0n) is 14.7. The van der Waals surface area contributed by atoms with E-state index in [2.05, 4.69) is 10.3 Å². The SMILES string of the molecule is Cc1ccccc1/C=C/C(=O)NC(c1cccc(F)c1)c1nccn1C. The lowest BCUT2D eigenvalue weighted by Crippen LogP contribution is -2.29. The molecular weight excluding hydrogens is 329 g/mol. The van der Waals surface area contributed by atoms with Gasteiger partial charge in [-0.1, -0.05) is 36.4 Å². The smallest absolute Gasteiger partial charge is 0.244 e. The van der Waals surface area contributed by atoms with Gasteiger partial charge in [0.15, 0.2) is 0 Å². The number of halogens is 1. The van der Waals surface area contributed by atoms with Gasteiger partial charge in [-0.05, 0) is 41.8 Å². The molecular formula is C21H20FN3O. The van der Waals surface area contributed by atoms with E-state index in [1.165, 1.54) is 18.2 Å². The molecule has 1 aromatic heterocycles. The second-order valence-electron chi connectivity index (χ2n) is 6.08. The zero-order chi connectivity index (χ0) is 18.5. The normalized spacial score (nSPS) is 12.3. The second kappa shape index (κ2) is 7.78. The highest BCUT2D eigenvalue weighted by molar-refractivity contribution is 5.92. The Kier molecular flexibility index (Phi) is 5.27. The monoisotopic (exact) mass is 349 g/mol. The molecule has 1 amide bonds. The Hall–Kier alpha value is -3.21. The maximum absolute atomic E-state index is 13.7. The molecule has 1 heterocycles. The van der Waals surface area contributed by atoms with E-state index in [9.17, 15) is 9.18 Å². The van der Waals surface area contributed by atoms with E-state index in [1.807, 2.05) is 38.2 Å². The Labute approximate surface area is 152 Å². The van der Waals surface area contributed by atoms with Crippen LogP contribution in [0.3, 0.4) is 0 Å². The van der Waals surface area contributed by atoms with Gasteiger partial charge >= 0.3 is 0 Å². The van der Waals surface area contributed by atoms with Gasteiger partial charge in [0.1, 0.15) is 17.7 Å². The van der Waals surface area contributed by atoms with Gasteiger partial charge in [0.2, 0.25) is 5.91 Å². The van der Waals surface area contributed by atoms with E-state index in [0.717, 1.165) is 11.1 Å². The molecule has 4 nitrogen and oxygen atoms in total. The van der Waals surface area contributed by atoms with Crippen LogP contribution in [0.5, 0.6) is 0 Å². The van der Waals surface area contributed by atoms with Crippen molar-refractivity contribution in [2.24, 2.45) is 7.05 Å². The number of aryl methyl sites for hydroxylation is 2. The molecule has 2 aromatic carbocycles. The van der Waals surface area contributed by atoms with Crippen LogP contribution in [0.15, 0.2) is 67.0 Å². The minimum absolute atomic E-state index is 0.273. The van der Waals surface area contributed by atoms with E-state index in [1.54, 1.807) is 35.2 Å². The Morgan fingerprint density at radius 3 is 2.73 bits per heavy atom. The summed E-state index contributed by atoms with van der Waals surface area (Å²) in [5.41, 5.74) is 2.70. The van der Waals surface area contributed by atoms with Crippen molar-refractivity contribution in [1.29, 1.82) is 0 Å². The highest BCUT2D eigenvalue weighted by Crippen LogP contribution is 2.21. The predicted octanol–water partition coefficient (Wildman–Crippen LogP) is 3.79. The van der Waals surface area contributed by atoms with Crippen LogP contribution in [0.1, 0.15) is 28.6 Å². The summed E-state index contributed by atoms with van der Waals surface area (Å²) in [4.78, 5) is 16.8. The fourth-order valence-corrected chi connectivity index (χ4v) is 2.77. The lowest BCUT2D eigenvalue weighted by molar-refractivity contribution is -0.117. The maximum Gasteiger partial charge on any atom is 0.244 e. The highest BCUT2D eigenvalue weighted by Gasteiger charge is 2.20. The first-order valence-corrected chi connectivity index (χ1v) is 8.31. The first-order valence-electron chi connectivity index (χ1n) is 8.31. The summed E-state index contributed by atoms with van der Waals surface area (Å²) >= 11 is 0. The first-order chi connectivity index (χ1) is 12.5. The molecule has 0 spiro atoms. The first kappa shape index (κ1) is 17.6. The summed E-state index contributed by atoms with van der Waals surface area (Å²) in [7, 11) is 1.84. The molecule has 1 N–H and O–H groups in total. The van der Waals surface area contributed by atoms with Crippen molar-refractivity contribution < 1.29 is 9.18 Å². The van der Waals surface area contributed by atoms with Crippen molar-refractivity contribution in [2.45, 2.75) is 13.0 Å². The molecule has 26 heavy (non-hydrogen) atoms. The fourth-order valence-electron chi connectivity index (χ4n) is 2.77. The molecule has 0 radical (unpaired) electrons. The summed E-state index contributed by atoms with van der Waals surface area (Å²) in [5, 5.41) is 2.92. The van der Waals surface area contributed by atoms with E-state index in [0.29, 0.717) is 11.4 Å². The second-order valence-corrected chi connectivity index (χ2v) is 6.08. The molecule has 1 unspecified atom stereocenters. The van der Waals surface area contributed by atoms with Gasteiger partial charge in [0.25, 0.3) is 0 Å². The maximum atomic E-state index is 13.7. The lowest BCUT2D eigenvalue weighted by atomic mass is 10.1. The number of amides is 1. The predicted molar refractivity (Wildman–Crippen MR) is 99.8 cm³/mol. The third-order valence-corrected chi connectivity index (χ3v) is 4.19. The van der Waals surface area contributed by atoms with Gasteiger partial charge in [-0.15, -0.1) is 0 Å². The van der Waals surface area contributed by atoms with Crippen molar-refractivity contribution >= 4 is 12.0 Å². The minimum atomic E-state index is -0.542. The van der Waals surface area contributed by atoms with E-state index < -0.39 is 6.04 Å². The van der Waals surface area contributed by atoms with Gasteiger partial charge in [-0.25, -0.2) is 9.37 Å². The average molecular weight is 349 g/mol. The molecule has 0 aliphatic carbocycles. The van der Waals surface area contributed by atoms with Crippen LogP contribution in [0.25, 0.3) is 6.08 Å². The molecule has 0 bridgehead atoms. The quantitative estimate of drug-likeness (QED) is 0.713. The molecule has 5 heteroatoms. The molecule has 0 aliphatic heterocycles. The number of imidazole rings is 1. The van der Waals surface area contributed by atoms with Crippen LogP contribution in [-0.4, -0.2) is 15.5 Å². The van der Waals surface area contributed by atoms with E-state index in [4.69, 9.17) is 0 Å². The Morgan fingerprint density at radius 2 is 2.04 bits per heavy atom. The Bertz CT molecular complexity index is 946. The number of benzene rings is 2. The third kappa shape index (κ3) is 4.06. The molecule has 0 aliphatic rings. The largest absolute Gasteiger partial charge is 0.339 e. The molecule has 0 saturated heterocycles. The molecule has 0 fully saturated rings. The molecule has 0 saturated carbocycles. The topological polar surface area (TPSA) is 46.9 Å². The van der Waals surface area contributed by atoms with E-state index in [-0.39, 0.29) is 11.7 Å². The van der Waals surface area contributed by atoms with Crippen LogP contribution in [0.4, 0.5) is 4.39 Å². The van der Waals surface area contributed by atoms with Crippen LogP contribution < -0.4 is 5.32 Å². The van der Waals surface area contributed by atoms with Gasteiger partial charge in [0, 0.05) is 25.5 Å². The van der Waals surface area contributed by atoms with Gasteiger partial charge < -0.3 is 9.88 Å². The molecule has 3 rings (SSSR count). The summed E-state index contributed by atoms with van der Waals surface area (Å²) in [6.45, 7) is 1.99. The molecule has 132 valence electrons. The Balaban J connectivity index is 1.85. The zero-order valence-corrected chi connectivity index (χ0v) is 14.7. The summed E-state index contributed by atoms with van der Waals surface area (Å²) < 4.78 is 15.5. The summed E-state index contributed by atoms with van der Waals surface area (Å²) in [5.74, 6) is 0.00478. The van der Waals surface area contributed by atoms with Gasteiger partial charge in [-0.3, -0.25) is 4.79 Å². The standard InChI is InChI=1S/C21H20FN3O/c1-15-6-3-4-7-16(15)10-11-19(26)24-20(21-23-12-13-25(21)2)17-8-5-9-18(22)14-17/h3-14,20H,1-2H3,(H,24,26)/b11-10+. The van der Waals surface area contributed by atoms with Crippen molar-refractivity contribution in [3.63, 3.8) is 0 Å². The number of carbonyl (C=O) groups excluding carboxylic acids is 1. The van der Waals surface area contributed by atoms with Crippen molar-refractivity contribution in [3.05, 3.63) is 95.3 Å². The number of nitrogens with zero attached hydrogens (tertiary/aromatic N) is 2. The number of carbonyl (C=O) groups is 1. The summed E-state index contributed by atoms with van der Waals surface area (Å²) in [6.07, 6.45) is 6.69. The van der Waals surface area contributed by atoms with Crippen LogP contribution in [0.2, 0.25) is 0 Å². The lowest BCUT2D eigenvalue weighted by Gasteiger charge is -2.18. The van der Waals surface area contributed by atoms with Crippen molar-refractivity contribution in [2.75, 3.05) is 0 Å². The molecule has 3 aromatic rings. The average Bonchev–Trinajstić information content (AvgIpc) is 3.05. The fraction of sp³-hybridized carbons (Fsp3) is 0.143. The number of rotatable bonds is 5. The van der Waals surface area contributed by atoms with Crippen molar-refractivity contribution in [3.8, 4) is 0 Å². The summed E-state index contributed by atoms with van der Waals surface area (Å²) in [6, 6.07) is 13.4. The van der Waals surface area contributed by atoms with Crippen molar-refractivity contribution in [1.82, 2.24) is 14.9 Å². The van der Waals surface area contributed by atoms with Gasteiger partial charge in [-0.2, -0.15) is 0 Å². The number of aromatic nitrogens is 2. The van der Waals surface area contributed by atoms with Gasteiger partial charge in [0.05, 0.1) is 0 Å². The van der Waals surface area contributed by atoms with Crippen LogP contribution in [-0.2, 0) is 11.8 Å². The number of hydrogen-bond acceptors (Lipinski definition) is 2. The highest BCUT2D eigenvalue weighted by atomic mass is 19.1. The van der Waals surface area contributed by atoms with Crippen LogP contribution in [0, 0.1) is 12.7 Å².